The highest BCUT2D eigenvalue weighted by Crippen LogP contribution is 2.64. The zero-order chi connectivity index (χ0) is 23.6. The summed E-state index contributed by atoms with van der Waals surface area (Å²) >= 11 is 0. The van der Waals surface area contributed by atoms with Gasteiger partial charge in [-0.25, -0.2) is 4.79 Å². The Morgan fingerprint density at radius 1 is 1.24 bits per heavy atom. The number of ether oxygens (including phenoxy) is 3. The molecule has 3 fully saturated rings. The van der Waals surface area contributed by atoms with Crippen LogP contribution in [0.1, 0.15) is 76.3 Å². The Hall–Kier alpha value is -2.36. The van der Waals surface area contributed by atoms with Gasteiger partial charge in [-0.15, -0.1) is 6.42 Å². The van der Waals surface area contributed by atoms with Crippen molar-refractivity contribution in [2.75, 3.05) is 0 Å². The van der Waals surface area contributed by atoms with E-state index in [0.717, 1.165) is 32.1 Å². The Balaban J connectivity index is 1.29. The Morgan fingerprint density at radius 2 is 2.03 bits per heavy atom. The molecule has 0 bridgehead atoms. The first-order valence-electron chi connectivity index (χ1n) is 12.0. The fraction of sp³-hybridized carbons (Fsp3) is 0.630. The summed E-state index contributed by atoms with van der Waals surface area (Å²) in [6.07, 6.45) is 10.2. The van der Waals surface area contributed by atoms with Gasteiger partial charge in [0.2, 0.25) is 5.79 Å². The van der Waals surface area contributed by atoms with E-state index in [1.165, 1.54) is 11.1 Å². The van der Waals surface area contributed by atoms with Crippen molar-refractivity contribution in [1.29, 1.82) is 0 Å². The molecule has 1 heterocycles. The topological polar surface area (TPSA) is 82.1 Å². The number of fused-ring (bicyclic) bond motifs is 5. The van der Waals surface area contributed by atoms with Crippen molar-refractivity contribution in [3.63, 3.8) is 0 Å². The second-order valence-corrected chi connectivity index (χ2v) is 10.9. The molecule has 1 aliphatic heterocycles. The van der Waals surface area contributed by atoms with E-state index >= 15 is 0 Å². The quantitative estimate of drug-likeness (QED) is 0.426. The van der Waals surface area contributed by atoms with Gasteiger partial charge in [0.15, 0.2) is 6.10 Å². The van der Waals surface area contributed by atoms with Crippen LogP contribution in [0.3, 0.4) is 0 Å². The molecule has 176 valence electrons. The van der Waals surface area contributed by atoms with Crippen LogP contribution in [-0.4, -0.2) is 34.5 Å². The SMILES string of the molecule is C#C[C@]1(O)CCC2C3CCc4cc(OC(=O)C[C@H]5OC(C)(C)OC5=O)ccc4C3CC[C@@]21C. The lowest BCUT2D eigenvalue weighted by Gasteiger charge is -2.52. The molecule has 4 aliphatic rings. The number of carbonyl (C=O) groups is 2. The van der Waals surface area contributed by atoms with Crippen molar-refractivity contribution in [1.82, 2.24) is 0 Å². The van der Waals surface area contributed by atoms with Crippen LogP contribution in [0.25, 0.3) is 0 Å². The third-order valence-corrected chi connectivity index (χ3v) is 8.71. The predicted molar refractivity (Wildman–Crippen MR) is 120 cm³/mol. The van der Waals surface area contributed by atoms with E-state index in [4.69, 9.17) is 20.6 Å². The molecule has 1 saturated heterocycles. The first-order chi connectivity index (χ1) is 15.6. The van der Waals surface area contributed by atoms with E-state index in [2.05, 4.69) is 18.9 Å². The summed E-state index contributed by atoms with van der Waals surface area (Å²) in [4.78, 5) is 24.3. The van der Waals surface area contributed by atoms with Crippen LogP contribution in [0, 0.1) is 29.6 Å². The van der Waals surface area contributed by atoms with Crippen LogP contribution < -0.4 is 4.74 Å². The molecule has 1 aromatic rings. The lowest BCUT2D eigenvalue weighted by molar-refractivity contribution is -0.161. The third kappa shape index (κ3) is 3.57. The maximum absolute atomic E-state index is 12.4. The summed E-state index contributed by atoms with van der Waals surface area (Å²) in [5, 5.41) is 11.1. The number of carbonyl (C=O) groups excluding carboxylic acids is 2. The van der Waals surface area contributed by atoms with Gasteiger partial charge in [0.25, 0.3) is 0 Å². The zero-order valence-corrected chi connectivity index (χ0v) is 19.6. The summed E-state index contributed by atoms with van der Waals surface area (Å²) in [6.45, 7) is 5.46. The Bertz CT molecular complexity index is 1040. The van der Waals surface area contributed by atoms with Crippen molar-refractivity contribution in [2.24, 2.45) is 17.3 Å². The van der Waals surface area contributed by atoms with Crippen LogP contribution in [0.4, 0.5) is 0 Å². The number of terminal acetylenes is 1. The molecule has 0 radical (unpaired) electrons. The normalized spacial score (nSPS) is 38.5. The summed E-state index contributed by atoms with van der Waals surface area (Å²) in [6, 6.07) is 5.89. The lowest BCUT2D eigenvalue weighted by atomic mass is 9.53. The summed E-state index contributed by atoms with van der Waals surface area (Å²) < 4.78 is 16.1. The summed E-state index contributed by atoms with van der Waals surface area (Å²) in [5.74, 6) is 2.53. The van der Waals surface area contributed by atoms with Crippen LogP contribution in [0.2, 0.25) is 0 Å². The number of benzene rings is 1. The number of hydrogen-bond acceptors (Lipinski definition) is 6. The fourth-order valence-electron chi connectivity index (χ4n) is 7.05. The van der Waals surface area contributed by atoms with Crippen molar-refractivity contribution in [3.05, 3.63) is 29.3 Å². The highest BCUT2D eigenvalue weighted by Gasteiger charge is 2.61. The molecular formula is C27H32O6. The molecule has 0 aromatic heterocycles. The molecule has 6 atom stereocenters. The average Bonchev–Trinajstić information content (AvgIpc) is 3.18. The first kappa shape index (κ1) is 22.4. The number of rotatable bonds is 3. The average molecular weight is 453 g/mol. The summed E-state index contributed by atoms with van der Waals surface area (Å²) in [5.41, 5.74) is 1.33. The number of aliphatic hydroxyl groups is 1. The van der Waals surface area contributed by atoms with Crippen molar-refractivity contribution in [3.8, 4) is 18.1 Å². The van der Waals surface area contributed by atoms with Gasteiger partial charge in [-0.2, -0.15) is 0 Å². The summed E-state index contributed by atoms with van der Waals surface area (Å²) in [7, 11) is 0. The smallest absolute Gasteiger partial charge is 0.338 e. The largest absolute Gasteiger partial charge is 0.432 e. The van der Waals surface area contributed by atoms with Crippen LogP contribution in [0.15, 0.2) is 18.2 Å². The van der Waals surface area contributed by atoms with Crippen LogP contribution >= 0.6 is 0 Å². The molecule has 1 aromatic carbocycles. The van der Waals surface area contributed by atoms with E-state index in [1.54, 1.807) is 13.8 Å². The van der Waals surface area contributed by atoms with Gasteiger partial charge in [-0.05, 0) is 79.5 Å². The maximum Gasteiger partial charge on any atom is 0.338 e. The second-order valence-electron chi connectivity index (χ2n) is 10.9. The van der Waals surface area contributed by atoms with E-state index in [9.17, 15) is 14.7 Å². The molecule has 1 N–H and O–H groups in total. The van der Waals surface area contributed by atoms with Gasteiger partial charge < -0.3 is 19.3 Å². The third-order valence-electron chi connectivity index (χ3n) is 8.71. The van der Waals surface area contributed by atoms with E-state index in [0.29, 0.717) is 29.9 Å². The monoisotopic (exact) mass is 452 g/mol. The van der Waals surface area contributed by atoms with Gasteiger partial charge in [0.1, 0.15) is 11.4 Å². The van der Waals surface area contributed by atoms with Crippen molar-refractivity contribution in [2.45, 2.75) is 89.1 Å². The number of cyclic esters (lactones) is 1. The number of aryl methyl sites for hydroxylation is 1. The van der Waals surface area contributed by atoms with Gasteiger partial charge >= 0.3 is 11.9 Å². The molecule has 0 spiro atoms. The van der Waals surface area contributed by atoms with Crippen molar-refractivity contribution < 1.29 is 28.9 Å². The Kier molecular flexibility index (Phi) is 5.15. The minimum Gasteiger partial charge on any atom is -0.432 e. The molecule has 6 heteroatoms. The minimum absolute atomic E-state index is 0.178. The molecule has 6 nitrogen and oxygen atoms in total. The lowest BCUT2D eigenvalue weighted by Crippen LogP contribution is -2.50. The number of hydrogen-bond donors (Lipinski definition) is 1. The minimum atomic E-state index is -1.02. The van der Waals surface area contributed by atoms with Crippen LogP contribution in [0.5, 0.6) is 5.75 Å². The molecule has 0 amide bonds. The molecule has 5 rings (SSSR count). The predicted octanol–water partition coefficient (Wildman–Crippen LogP) is 3.88. The van der Waals surface area contributed by atoms with Crippen molar-refractivity contribution >= 4 is 11.9 Å². The standard InChI is InChI=1S/C27H32O6/c1-5-27(30)13-11-21-20-8-6-16-14-17(7-9-18(16)19(20)10-12-26(21,27)4)31-23(28)15-22-24(29)33-25(2,3)32-22/h1,7,9,14,19-22,30H,6,8,10-13,15H2,2-4H3/t19?,20?,21?,22-,26+,27+/m1/s1. The Morgan fingerprint density at radius 3 is 2.73 bits per heavy atom. The van der Waals surface area contributed by atoms with Gasteiger partial charge in [-0.1, -0.05) is 18.9 Å². The Labute approximate surface area is 195 Å². The second kappa shape index (κ2) is 7.58. The highest BCUT2D eigenvalue weighted by molar-refractivity contribution is 5.84. The molecular weight excluding hydrogens is 420 g/mol. The van der Waals surface area contributed by atoms with Gasteiger partial charge in [0, 0.05) is 19.3 Å². The number of esters is 2. The highest BCUT2D eigenvalue weighted by atomic mass is 16.8. The van der Waals surface area contributed by atoms with Gasteiger partial charge in [0.05, 0.1) is 6.42 Å². The van der Waals surface area contributed by atoms with Gasteiger partial charge in [-0.3, -0.25) is 4.79 Å². The first-order valence-corrected chi connectivity index (χ1v) is 12.0. The molecule has 3 aliphatic carbocycles. The van der Waals surface area contributed by atoms with Crippen LogP contribution in [-0.2, 0) is 25.5 Å². The molecule has 3 unspecified atom stereocenters. The van der Waals surface area contributed by atoms with E-state index in [1.807, 2.05) is 12.1 Å². The van der Waals surface area contributed by atoms with E-state index in [-0.39, 0.29) is 11.8 Å². The van der Waals surface area contributed by atoms with E-state index < -0.39 is 29.4 Å². The maximum atomic E-state index is 12.4. The molecule has 33 heavy (non-hydrogen) atoms. The fourth-order valence-corrected chi connectivity index (χ4v) is 7.05. The molecule has 2 saturated carbocycles. The zero-order valence-electron chi connectivity index (χ0n) is 19.6.